The van der Waals surface area contributed by atoms with E-state index >= 15 is 0 Å². The van der Waals surface area contributed by atoms with Gasteiger partial charge in [0, 0.05) is 31.4 Å². The minimum absolute atomic E-state index is 0. The molecule has 3 nitrogen and oxygen atoms in total. The van der Waals surface area contributed by atoms with Crippen LogP contribution in [0.5, 0.6) is 0 Å². The van der Waals surface area contributed by atoms with Gasteiger partial charge in [0.05, 0.1) is 0 Å². The van der Waals surface area contributed by atoms with E-state index < -0.39 is 0 Å². The smallest absolute Gasteiger partial charge is 0.127 e. The van der Waals surface area contributed by atoms with Crippen molar-refractivity contribution >= 4 is 17.2 Å². The average Bonchev–Trinajstić information content (AvgIpc) is 3.09. The van der Waals surface area contributed by atoms with E-state index in [1.54, 1.807) is 0 Å². The zero-order valence-electron chi connectivity index (χ0n) is 12.7. The molecule has 0 saturated carbocycles. The van der Waals surface area contributed by atoms with Crippen LogP contribution in [-0.4, -0.2) is 5.84 Å². The molecular weight excluding hydrogens is 474 g/mol. The summed E-state index contributed by atoms with van der Waals surface area (Å²) >= 11 is 0. The molecule has 0 aromatic heterocycles. The van der Waals surface area contributed by atoms with E-state index in [0.717, 1.165) is 22.8 Å². The molecule has 0 amide bonds. The molecule has 0 bridgehead atoms. The first kappa shape index (κ1) is 15.1. The van der Waals surface area contributed by atoms with Crippen LogP contribution in [0.15, 0.2) is 77.9 Å². The molecule has 3 aromatic carbocycles. The Kier molecular flexibility index (Phi) is 3.72. The number of hydrogen-bond donors (Lipinski definition) is 0. The Hall–Kier alpha value is -2.42. The molecule has 119 valence electrons. The number of benzene rings is 3. The number of fused-ring (bicyclic) bond motifs is 6. The summed E-state index contributed by atoms with van der Waals surface area (Å²) in [6.45, 7) is 2.02. The summed E-state index contributed by atoms with van der Waals surface area (Å²) in [5.74, 6) is 0.944. The van der Waals surface area contributed by atoms with E-state index in [-0.39, 0.29) is 20.1 Å². The molecular formula is C20H13IrN3-2. The monoisotopic (exact) mass is 488 g/mol. The molecule has 24 heavy (non-hydrogen) atoms. The maximum atomic E-state index is 4.82. The predicted octanol–water partition coefficient (Wildman–Crippen LogP) is 4.27. The number of hydrogen-bond acceptors (Lipinski definition) is 3. The fourth-order valence-corrected chi connectivity index (χ4v) is 3.15. The zero-order chi connectivity index (χ0) is 15.2. The first-order valence-electron chi connectivity index (χ1n) is 7.59. The largest absolute Gasteiger partial charge is 0.476 e. The SMILES string of the molecule is [Ir].[c-]1cccc2c1N1[CH-]N(c3ccccc3)N=C1c1ccccc1-2. The zero-order valence-corrected chi connectivity index (χ0v) is 15.1. The molecule has 1 radical (unpaired) electrons. The third-order valence-electron chi connectivity index (χ3n) is 4.21. The Morgan fingerprint density at radius 3 is 2.33 bits per heavy atom. The van der Waals surface area contributed by atoms with Crippen molar-refractivity contribution in [2.45, 2.75) is 0 Å². The Bertz CT molecular complexity index is 921. The van der Waals surface area contributed by atoms with Crippen LogP contribution in [0, 0.1) is 12.7 Å². The number of rotatable bonds is 1. The van der Waals surface area contributed by atoms with E-state index in [0.29, 0.717) is 0 Å². The van der Waals surface area contributed by atoms with E-state index in [1.807, 2.05) is 42.0 Å². The van der Waals surface area contributed by atoms with E-state index in [2.05, 4.69) is 53.4 Å². The van der Waals surface area contributed by atoms with Crippen LogP contribution in [0.25, 0.3) is 11.1 Å². The molecule has 0 aliphatic carbocycles. The molecule has 0 saturated heterocycles. The number of hydrazone groups is 1. The molecule has 3 aromatic rings. The fourth-order valence-electron chi connectivity index (χ4n) is 3.15. The molecule has 2 aliphatic heterocycles. The standard InChI is InChI=1S/C20H13N3.Ir/c1-2-8-15(9-3-1)23-14-22-19-13-7-6-11-17(19)16-10-4-5-12-18(16)20(22)21-23;/h1-12,14H;/q-2;. The predicted molar refractivity (Wildman–Crippen MR) is 93.0 cm³/mol. The quantitative estimate of drug-likeness (QED) is 0.478. The Morgan fingerprint density at radius 1 is 0.792 bits per heavy atom. The second kappa shape index (κ2) is 5.90. The van der Waals surface area contributed by atoms with Crippen molar-refractivity contribution < 1.29 is 20.1 Å². The maximum Gasteiger partial charge on any atom is 0.127 e. The first-order chi connectivity index (χ1) is 11.4. The van der Waals surface area contributed by atoms with Crippen molar-refractivity contribution in [3.05, 3.63) is 91.1 Å². The molecule has 5 rings (SSSR count). The van der Waals surface area contributed by atoms with E-state index in [1.165, 1.54) is 11.1 Å². The van der Waals surface area contributed by atoms with Gasteiger partial charge < -0.3 is 9.91 Å². The van der Waals surface area contributed by atoms with Crippen molar-refractivity contribution in [2.24, 2.45) is 5.10 Å². The summed E-state index contributed by atoms with van der Waals surface area (Å²) in [5, 5.41) is 6.74. The van der Waals surface area contributed by atoms with Crippen LogP contribution in [0.3, 0.4) is 0 Å². The molecule has 0 atom stereocenters. The van der Waals surface area contributed by atoms with Crippen molar-refractivity contribution in [3.8, 4) is 11.1 Å². The number of anilines is 2. The summed E-state index contributed by atoms with van der Waals surface area (Å²) in [4.78, 5) is 2.12. The third kappa shape index (κ3) is 2.19. The normalized spacial score (nSPS) is 14.2. The van der Waals surface area contributed by atoms with Crippen LogP contribution in [-0.2, 0) is 20.1 Å². The number of para-hydroxylation sites is 2. The number of amidine groups is 1. The van der Waals surface area contributed by atoms with Gasteiger partial charge in [-0.1, -0.05) is 53.7 Å². The van der Waals surface area contributed by atoms with Gasteiger partial charge in [-0.25, -0.2) is 0 Å². The van der Waals surface area contributed by atoms with Crippen molar-refractivity contribution in [3.63, 3.8) is 0 Å². The number of nitrogens with zero attached hydrogens (tertiary/aromatic N) is 3. The van der Waals surface area contributed by atoms with Gasteiger partial charge in [-0.2, -0.15) is 29.4 Å². The van der Waals surface area contributed by atoms with Crippen molar-refractivity contribution in [2.75, 3.05) is 9.91 Å². The molecule has 2 aliphatic rings. The van der Waals surface area contributed by atoms with Gasteiger partial charge in [0.1, 0.15) is 5.84 Å². The van der Waals surface area contributed by atoms with Crippen LogP contribution < -0.4 is 9.91 Å². The van der Waals surface area contributed by atoms with Gasteiger partial charge in [-0.05, 0) is 12.1 Å². The van der Waals surface area contributed by atoms with Gasteiger partial charge in [0.25, 0.3) is 0 Å². The Balaban J connectivity index is 0.00000146. The summed E-state index contributed by atoms with van der Waals surface area (Å²) in [6.07, 6.45) is 0. The van der Waals surface area contributed by atoms with Crippen LogP contribution in [0.4, 0.5) is 11.4 Å². The maximum absolute atomic E-state index is 4.82. The minimum Gasteiger partial charge on any atom is -0.476 e. The van der Waals surface area contributed by atoms with E-state index in [9.17, 15) is 0 Å². The second-order valence-electron chi connectivity index (χ2n) is 5.57. The van der Waals surface area contributed by atoms with Gasteiger partial charge in [0.15, 0.2) is 0 Å². The van der Waals surface area contributed by atoms with Crippen LogP contribution in [0.2, 0.25) is 0 Å². The molecule has 0 N–H and O–H groups in total. The molecule has 0 unspecified atom stereocenters. The summed E-state index contributed by atoms with van der Waals surface area (Å²) in [6, 6.07) is 28.0. The average molecular weight is 488 g/mol. The summed E-state index contributed by atoms with van der Waals surface area (Å²) in [7, 11) is 0. The molecule has 0 fully saturated rings. The van der Waals surface area contributed by atoms with Gasteiger partial charge in [0.2, 0.25) is 0 Å². The topological polar surface area (TPSA) is 18.8 Å². The molecule has 2 heterocycles. The Labute approximate surface area is 154 Å². The minimum atomic E-state index is 0. The Morgan fingerprint density at radius 2 is 1.50 bits per heavy atom. The van der Waals surface area contributed by atoms with Crippen molar-refractivity contribution in [1.29, 1.82) is 0 Å². The molecule has 4 heteroatoms. The summed E-state index contributed by atoms with van der Waals surface area (Å²) < 4.78 is 0. The van der Waals surface area contributed by atoms with Crippen LogP contribution in [0.1, 0.15) is 5.56 Å². The summed E-state index contributed by atoms with van der Waals surface area (Å²) in [5.41, 5.74) is 5.63. The van der Waals surface area contributed by atoms with Crippen molar-refractivity contribution in [1.82, 2.24) is 0 Å². The van der Waals surface area contributed by atoms with Crippen LogP contribution >= 0.6 is 0 Å². The van der Waals surface area contributed by atoms with E-state index in [4.69, 9.17) is 5.10 Å². The van der Waals surface area contributed by atoms with Gasteiger partial charge >= 0.3 is 0 Å². The fraction of sp³-hybridized carbons (Fsp3) is 0. The van der Waals surface area contributed by atoms with Gasteiger partial charge in [-0.3, -0.25) is 0 Å². The second-order valence-corrected chi connectivity index (χ2v) is 5.57. The van der Waals surface area contributed by atoms with Gasteiger partial charge in [-0.15, -0.1) is 12.2 Å². The third-order valence-corrected chi connectivity index (χ3v) is 4.21. The molecule has 0 spiro atoms. The first-order valence-corrected chi connectivity index (χ1v) is 7.59.